The first-order valence-electron chi connectivity index (χ1n) is 6.64. The minimum Gasteiger partial charge on any atom is -0.394 e. The van der Waals surface area contributed by atoms with Crippen molar-refractivity contribution in [3.63, 3.8) is 0 Å². The van der Waals surface area contributed by atoms with Crippen LogP contribution < -0.4 is 4.90 Å². The fourth-order valence-corrected chi connectivity index (χ4v) is 2.43. The average Bonchev–Trinajstić information content (AvgIpc) is 2.90. The molecule has 110 valence electrons. The predicted molar refractivity (Wildman–Crippen MR) is 75.9 cm³/mol. The number of anilines is 1. The van der Waals surface area contributed by atoms with Crippen molar-refractivity contribution in [2.75, 3.05) is 39.3 Å². The maximum atomic E-state index is 12.5. The van der Waals surface area contributed by atoms with Crippen molar-refractivity contribution in [2.45, 2.75) is 18.6 Å². The molecule has 0 unspecified atom stereocenters. The summed E-state index contributed by atoms with van der Waals surface area (Å²) in [5.74, 6) is -0.160. The normalized spacial score (nSPS) is 22.1. The van der Waals surface area contributed by atoms with Gasteiger partial charge in [0.05, 0.1) is 18.8 Å². The van der Waals surface area contributed by atoms with Gasteiger partial charge in [0.25, 0.3) is 5.91 Å². The van der Waals surface area contributed by atoms with Gasteiger partial charge >= 0.3 is 0 Å². The van der Waals surface area contributed by atoms with Crippen molar-refractivity contribution >= 4 is 11.6 Å². The molecule has 0 aliphatic carbocycles. The number of hydrogen-bond donors (Lipinski definition) is 1. The zero-order chi connectivity index (χ0) is 14.7. The molecule has 1 aromatic rings. The Balaban J connectivity index is 2.20. The highest BCUT2D eigenvalue weighted by Gasteiger charge is 2.35. The van der Waals surface area contributed by atoms with Crippen LogP contribution in [0.1, 0.15) is 16.9 Å². The van der Waals surface area contributed by atoms with E-state index in [2.05, 4.69) is 4.98 Å². The number of amides is 1. The molecule has 2 atom stereocenters. The van der Waals surface area contributed by atoms with Gasteiger partial charge in [-0.3, -0.25) is 9.78 Å². The Labute approximate surface area is 119 Å². The van der Waals surface area contributed by atoms with Gasteiger partial charge in [0.1, 0.15) is 5.69 Å². The number of rotatable bonds is 4. The van der Waals surface area contributed by atoms with Crippen LogP contribution in [0.5, 0.6) is 0 Å². The van der Waals surface area contributed by atoms with Crippen LogP contribution in [0.4, 0.5) is 5.69 Å². The molecule has 1 saturated heterocycles. The highest BCUT2D eigenvalue weighted by atomic mass is 16.5. The number of carbonyl (C=O) groups excluding carboxylic acids is 1. The molecule has 0 spiro atoms. The molecule has 1 aromatic heterocycles. The SMILES string of the molecule is CO[C@@H]1C[C@@H](CO)N(C(=O)c2cc(N(C)C)ccn2)C1. The first kappa shape index (κ1) is 14.7. The molecule has 2 heterocycles. The lowest BCUT2D eigenvalue weighted by atomic mass is 10.2. The summed E-state index contributed by atoms with van der Waals surface area (Å²) in [6.07, 6.45) is 2.26. The number of likely N-dealkylation sites (tertiary alicyclic amines) is 1. The first-order chi connectivity index (χ1) is 9.56. The Kier molecular flexibility index (Phi) is 4.57. The Morgan fingerprint density at radius 1 is 1.60 bits per heavy atom. The van der Waals surface area contributed by atoms with E-state index < -0.39 is 0 Å². The number of aliphatic hydroxyl groups is 1. The molecule has 6 heteroatoms. The zero-order valence-electron chi connectivity index (χ0n) is 12.1. The Morgan fingerprint density at radius 2 is 2.35 bits per heavy atom. The monoisotopic (exact) mass is 279 g/mol. The van der Waals surface area contributed by atoms with E-state index in [1.807, 2.05) is 25.1 Å². The second-order valence-electron chi connectivity index (χ2n) is 5.18. The zero-order valence-corrected chi connectivity index (χ0v) is 12.1. The topological polar surface area (TPSA) is 65.9 Å². The third-order valence-electron chi connectivity index (χ3n) is 3.66. The summed E-state index contributed by atoms with van der Waals surface area (Å²) in [7, 11) is 5.45. The molecule has 1 fully saturated rings. The molecule has 1 amide bonds. The fourth-order valence-electron chi connectivity index (χ4n) is 2.43. The highest BCUT2D eigenvalue weighted by Crippen LogP contribution is 2.22. The second-order valence-corrected chi connectivity index (χ2v) is 5.18. The summed E-state index contributed by atoms with van der Waals surface area (Å²) in [6.45, 7) is 0.438. The van der Waals surface area contributed by atoms with Crippen LogP contribution in [0.25, 0.3) is 0 Å². The van der Waals surface area contributed by atoms with E-state index in [4.69, 9.17) is 4.74 Å². The molecular formula is C14H21N3O3. The van der Waals surface area contributed by atoms with Gasteiger partial charge in [-0.05, 0) is 18.6 Å². The molecule has 20 heavy (non-hydrogen) atoms. The number of pyridine rings is 1. The number of carbonyl (C=O) groups is 1. The summed E-state index contributed by atoms with van der Waals surface area (Å²) in [4.78, 5) is 20.2. The summed E-state index contributed by atoms with van der Waals surface area (Å²) in [5, 5.41) is 9.41. The molecule has 2 rings (SSSR count). The lowest BCUT2D eigenvalue weighted by molar-refractivity contribution is 0.0642. The van der Waals surface area contributed by atoms with Gasteiger partial charge in [-0.25, -0.2) is 0 Å². The van der Waals surface area contributed by atoms with Crippen LogP contribution in [-0.4, -0.2) is 67.4 Å². The molecule has 0 aromatic carbocycles. The van der Waals surface area contributed by atoms with E-state index in [1.165, 1.54) is 0 Å². The Morgan fingerprint density at radius 3 is 2.95 bits per heavy atom. The van der Waals surface area contributed by atoms with E-state index in [0.717, 1.165) is 5.69 Å². The van der Waals surface area contributed by atoms with Gasteiger partial charge in [-0.2, -0.15) is 0 Å². The van der Waals surface area contributed by atoms with Crippen molar-refractivity contribution < 1.29 is 14.6 Å². The van der Waals surface area contributed by atoms with Crippen LogP contribution in [0.15, 0.2) is 18.3 Å². The van der Waals surface area contributed by atoms with Gasteiger partial charge in [0.2, 0.25) is 0 Å². The predicted octanol–water partition coefficient (Wildman–Crippen LogP) is 0.369. The second kappa shape index (κ2) is 6.19. The van der Waals surface area contributed by atoms with Crippen LogP contribution in [0.2, 0.25) is 0 Å². The standard InChI is InChI=1S/C14H21N3O3/c1-16(2)10-4-5-15-13(7-10)14(19)17-8-12(20-3)6-11(17)9-18/h4-5,7,11-12,18H,6,8-9H2,1-3H3/t11-,12+/m0/s1. The number of nitrogens with zero attached hydrogens (tertiary/aromatic N) is 3. The van der Waals surface area contributed by atoms with Gasteiger partial charge in [0, 0.05) is 39.6 Å². The molecule has 0 bridgehead atoms. The molecular weight excluding hydrogens is 258 g/mol. The van der Waals surface area contributed by atoms with Crippen LogP contribution >= 0.6 is 0 Å². The van der Waals surface area contributed by atoms with Gasteiger partial charge < -0.3 is 19.6 Å². The van der Waals surface area contributed by atoms with Gasteiger partial charge in [-0.1, -0.05) is 0 Å². The van der Waals surface area contributed by atoms with Crippen molar-refractivity contribution in [1.82, 2.24) is 9.88 Å². The maximum absolute atomic E-state index is 12.5. The van der Waals surface area contributed by atoms with Crippen molar-refractivity contribution in [1.29, 1.82) is 0 Å². The van der Waals surface area contributed by atoms with Gasteiger partial charge in [-0.15, -0.1) is 0 Å². The van der Waals surface area contributed by atoms with Crippen LogP contribution in [-0.2, 0) is 4.74 Å². The minimum atomic E-state index is -0.197. The smallest absolute Gasteiger partial charge is 0.272 e. The van der Waals surface area contributed by atoms with Gasteiger partial charge in [0.15, 0.2) is 0 Å². The molecule has 6 nitrogen and oxygen atoms in total. The number of ether oxygens (including phenoxy) is 1. The highest BCUT2D eigenvalue weighted by molar-refractivity contribution is 5.93. The van der Waals surface area contributed by atoms with Crippen molar-refractivity contribution in [2.24, 2.45) is 0 Å². The van der Waals surface area contributed by atoms with E-state index >= 15 is 0 Å². The summed E-state index contributed by atoms with van der Waals surface area (Å²) >= 11 is 0. The summed E-state index contributed by atoms with van der Waals surface area (Å²) in [5.41, 5.74) is 1.32. The number of aliphatic hydroxyl groups excluding tert-OH is 1. The Hall–Kier alpha value is -1.66. The van der Waals surface area contributed by atoms with E-state index in [-0.39, 0.29) is 24.7 Å². The molecule has 1 N–H and O–H groups in total. The maximum Gasteiger partial charge on any atom is 0.272 e. The summed E-state index contributed by atoms with van der Waals surface area (Å²) < 4.78 is 5.29. The average molecular weight is 279 g/mol. The minimum absolute atomic E-state index is 0.0202. The quantitative estimate of drug-likeness (QED) is 0.862. The number of aromatic nitrogens is 1. The molecule has 0 radical (unpaired) electrons. The number of hydrogen-bond acceptors (Lipinski definition) is 5. The molecule has 1 aliphatic rings. The van der Waals surface area contributed by atoms with Crippen LogP contribution in [0, 0.1) is 0 Å². The lowest BCUT2D eigenvalue weighted by Crippen LogP contribution is -2.38. The van der Waals surface area contributed by atoms with E-state index in [9.17, 15) is 9.90 Å². The Bertz CT molecular complexity index is 478. The third-order valence-corrected chi connectivity index (χ3v) is 3.66. The van der Waals surface area contributed by atoms with Crippen molar-refractivity contribution in [3.05, 3.63) is 24.0 Å². The fraction of sp³-hybridized carbons (Fsp3) is 0.571. The first-order valence-corrected chi connectivity index (χ1v) is 6.64. The third kappa shape index (κ3) is 2.91. The molecule has 0 saturated carbocycles. The van der Waals surface area contributed by atoms with Crippen LogP contribution in [0.3, 0.4) is 0 Å². The lowest BCUT2D eigenvalue weighted by Gasteiger charge is -2.23. The van der Waals surface area contributed by atoms with E-state index in [0.29, 0.717) is 18.7 Å². The molecule has 1 aliphatic heterocycles. The number of methoxy groups -OCH3 is 1. The largest absolute Gasteiger partial charge is 0.394 e. The van der Waals surface area contributed by atoms with E-state index in [1.54, 1.807) is 24.3 Å². The summed E-state index contributed by atoms with van der Waals surface area (Å²) in [6, 6.07) is 3.41. The van der Waals surface area contributed by atoms with Crippen molar-refractivity contribution in [3.8, 4) is 0 Å².